The van der Waals surface area contributed by atoms with Crippen LogP contribution in [0.2, 0.25) is 5.02 Å². The van der Waals surface area contributed by atoms with Crippen LogP contribution in [0.3, 0.4) is 0 Å². The summed E-state index contributed by atoms with van der Waals surface area (Å²) in [6.07, 6.45) is 0. The van der Waals surface area contributed by atoms with Crippen molar-refractivity contribution >= 4 is 42.8 Å². The van der Waals surface area contributed by atoms with Gasteiger partial charge in [0.1, 0.15) is 0 Å². The molecule has 1 N–H and O–H groups in total. The molecule has 1 amide bonds. The minimum absolute atomic E-state index is 0.0640. The van der Waals surface area contributed by atoms with Crippen molar-refractivity contribution in [1.82, 2.24) is 9.19 Å². The Morgan fingerprint density at radius 2 is 2.05 bits per heavy atom. The van der Waals surface area contributed by atoms with Crippen molar-refractivity contribution in [1.29, 1.82) is 0 Å². The maximum atomic E-state index is 12.0. The van der Waals surface area contributed by atoms with Gasteiger partial charge >= 0.3 is 126 Å². The van der Waals surface area contributed by atoms with E-state index in [1.54, 1.807) is 31.2 Å². The molecule has 2 rings (SSSR count). The summed E-state index contributed by atoms with van der Waals surface area (Å²) in [5.41, 5.74) is 0.502. The van der Waals surface area contributed by atoms with Crippen molar-refractivity contribution in [3.63, 3.8) is 0 Å². The molecule has 8 heteroatoms. The van der Waals surface area contributed by atoms with Gasteiger partial charge in [-0.25, -0.2) is 0 Å². The van der Waals surface area contributed by atoms with E-state index in [-0.39, 0.29) is 18.2 Å². The molecule has 0 spiro atoms. The van der Waals surface area contributed by atoms with E-state index in [0.717, 1.165) is 0 Å². The zero-order valence-corrected chi connectivity index (χ0v) is 12.9. The van der Waals surface area contributed by atoms with Gasteiger partial charge in [0.2, 0.25) is 0 Å². The second-order valence-electron chi connectivity index (χ2n) is 3.63. The number of rotatable bonds is 4. The van der Waals surface area contributed by atoms with E-state index < -0.39 is 20.7 Å². The quantitative estimate of drug-likeness (QED) is 0.663. The number of halogens is 1. The topological polar surface area (TPSA) is 81.2 Å². The van der Waals surface area contributed by atoms with Gasteiger partial charge in [-0.05, 0) is 0 Å². The Labute approximate surface area is 126 Å². The van der Waals surface area contributed by atoms with Crippen LogP contribution in [0.15, 0.2) is 24.3 Å². The van der Waals surface area contributed by atoms with Crippen LogP contribution < -0.4 is 5.32 Å². The zero-order valence-electron chi connectivity index (χ0n) is 10.4. The third-order valence-electron chi connectivity index (χ3n) is 2.29. The van der Waals surface area contributed by atoms with Gasteiger partial charge < -0.3 is 0 Å². The van der Waals surface area contributed by atoms with Crippen LogP contribution in [-0.4, -0.2) is 42.4 Å². The molecule has 1 heterocycles. The molecule has 104 valence electrons. The number of esters is 1. The van der Waals surface area contributed by atoms with E-state index in [1.807, 2.05) is 0 Å². The SMILES string of the molecule is CCOC(=O)c1nn[se]c1NC(=O)c1ccc(Cl)cc1. The first-order valence-electron chi connectivity index (χ1n) is 5.68. The van der Waals surface area contributed by atoms with Crippen molar-refractivity contribution < 1.29 is 14.3 Å². The summed E-state index contributed by atoms with van der Waals surface area (Å²) in [4.78, 5) is 23.6. The van der Waals surface area contributed by atoms with E-state index in [2.05, 4.69) is 14.5 Å². The fraction of sp³-hybridized carbons (Fsp3) is 0.167. The van der Waals surface area contributed by atoms with Crippen LogP contribution in [0.5, 0.6) is 0 Å². The molecule has 0 saturated heterocycles. The van der Waals surface area contributed by atoms with E-state index >= 15 is 0 Å². The second-order valence-corrected chi connectivity index (χ2v) is 5.65. The van der Waals surface area contributed by atoms with Gasteiger partial charge in [-0.3, -0.25) is 0 Å². The van der Waals surface area contributed by atoms with Crippen molar-refractivity contribution in [3.8, 4) is 0 Å². The van der Waals surface area contributed by atoms with E-state index in [4.69, 9.17) is 16.3 Å². The Balaban J connectivity index is 2.14. The Morgan fingerprint density at radius 3 is 2.70 bits per heavy atom. The monoisotopic (exact) mass is 359 g/mol. The molecule has 0 unspecified atom stereocenters. The third kappa shape index (κ3) is 3.45. The molecule has 0 aliphatic carbocycles. The first-order valence-corrected chi connectivity index (χ1v) is 7.68. The van der Waals surface area contributed by atoms with Gasteiger partial charge in [-0.1, -0.05) is 0 Å². The maximum absolute atomic E-state index is 12.0. The zero-order chi connectivity index (χ0) is 14.5. The predicted molar refractivity (Wildman–Crippen MR) is 74.3 cm³/mol. The molecule has 0 radical (unpaired) electrons. The Kier molecular flexibility index (Phi) is 4.89. The number of amides is 1. The van der Waals surface area contributed by atoms with E-state index in [0.29, 0.717) is 15.1 Å². The standard InChI is InChI=1S/C12H10ClN3O3Se/c1-2-19-12(18)9-11(20-16-15-9)14-10(17)7-3-5-8(13)6-4-7/h3-6H,2H2,1H3,(H,14,17). The van der Waals surface area contributed by atoms with Gasteiger partial charge in [0, 0.05) is 0 Å². The first-order chi connectivity index (χ1) is 9.61. The van der Waals surface area contributed by atoms with E-state index in [9.17, 15) is 9.59 Å². The number of nitrogens with zero attached hydrogens (tertiary/aromatic N) is 2. The minimum atomic E-state index is -0.581. The third-order valence-corrected chi connectivity index (χ3v) is 3.89. The molecule has 1 aromatic heterocycles. The normalized spacial score (nSPS) is 10.1. The molecular weight excluding hydrogens is 349 g/mol. The average molecular weight is 359 g/mol. The van der Waals surface area contributed by atoms with Crippen LogP contribution in [0.1, 0.15) is 27.8 Å². The number of nitrogens with one attached hydrogen (secondary N) is 1. The predicted octanol–water partition coefficient (Wildman–Crippen LogP) is 1.62. The molecule has 1 aromatic carbocycles. The van der Waals surface area contributed by atoms with Crippen LogP contribution in [0, 0.1) is 0 Å². The average Bonchev–Trinajstić information content (AvgIpc) is 2.88. The van der Waals surface area contributed by atoms with Gasteiger partial charge in [0.05, 0.1) is 0 Å². The van der Waals surface area contributed by atoms with Gasteiger partial charge in [0.15, 0.2) is 0 Å². The number of hydrogen-bond acceptors (Lipinski definition) is 5. The summed E-state index contributed by atoms with van der Waals surface area (Å²) in [6, 6.07) is 6.42. The summed E-state index contributed by atoms with van der Waals surface area (Å²) < 4.78 is 9.04. The number of ether oxygens (including phenoxy) is 1. The Morgan fingerprint density at radius 1 is 1.35 bits per heavy atom. The van der Waals surface area contributed by atoms with E-state index in [1.165, 1.54) is 0 Å². The van der Waals surface area contributed by atoms with Crippen LogP contribution in [0.25, 0.3) is 0 Å². The summed E-state index contributed by atoms with van der Waals surface area (Å²) >= 11 is 5.33. The summed E-state index contributed by atoms with van der Waals surface area (Å²) in [6.45, 7) is 1.94. The first kappa shape index (κ1) is 14.7. The fourth-order valence-electron chi connectivity index (χ4n) is 1.38. The second kappa shape index (κ2) is 6.65. The molecule has 0 saturated carbocycles. The summed E-state index contributed by atoms with van der Waals surface area (Å²) in [7, 11) is 0. The number of anilines is 1. The van der Waals surface area contributed by atoms with Gasteiger partial charge in [0.25, 0.3) is 0 Å². The fourth-order valence-corrected chi connectivity index (χ4v) is 2.67. The van der Waals surface area contributed by atoms with Crippen LogP contribution in [0.4, 0.5) is 4.56 Å². The molecule has 2 aromatic rings. The summed E-state index contributed by atoms with van der Waals surface area (Å²) in [5, 5.41) is 6.90. The number of carbonyl (C=O) groups excluding carboxylic acids is 2. The van der Waals surface area contributed by atoms with Crippen LogP contribution >= 0.6 is 11.6 Å². The molecule has 6 nitrogen and oxygen atoms in total. The number of aromatic nitrogens is 2. The Bertz CT molecular complexity index is 627. The molecule has 0 aliphatic heterocycles. The molecular formula is C12H10ClN3O3Se. The molecule has 20 heavy (non-hydrogen) atoms. The van der Waals surface area contributed by atoms with Crippen molar-refractivity contribution in [2.45, 2.75) is 6.92 Å². The number of hydrogen-bond donors (Lipinski definition) is 1. The van der Waals surface area contributed by atoms with Gasteiger partial charge in [-0.15, -0.1) is 0 Å². The number of carbonyl (C=O) groups is 2. The summed E-state index contributed by atoms with van der Waals surface area (Å²) in [5.74, 6) is -0.922. The van der Waals surface area contributed by atoms with Crippen molar-refractivity contribution in [2.24, 2.45) is 0 Å². The van der Waals surface area contributed by atoms with Crippen molar-refractivity contribution in [3.05, 3.63) is 40.5 Å². The molecule has 0 atom stereocenters. The van der Waals surface area contributed by atoms with Crippen molar-refractivity contribution in [2.75, 3.05) is 11.9 Å². The number of benzene rings is 1. The molecule has 0 bridgehead atoms. The Hall–Kier alpha value is -1.69. The van der Waals surface area contributed by atoms with Gasteiger partial charge in [-0.2, -0.15) is 0 Å². The molecule has 0 aliphatic rings. The van der Waals surface area contributed by atoms with Crippen LogP contribution in [-0.2, 0) is 4.74 Å². The molecule has 0 fully saturated rings.